The Hall–Kier alpha value is -1.34. The maximum absolute atomic E-state index is 7.00. The van der Waals surface area contributed by atoms with Crippen molar-refractivity contribution in [2.45, 2.75) is 25.7 Å². The number of rotatable bonds is 0. The van der Waals surface area contributed by atoms with Gasteiger partial charge in [0, 0.05) is 7.11 Å². The molecule has 3 rings (SSSR count). The van der Waals surface area contributed by atoms with E-state index in [0.717, 1.165) is 7.11 Å². The third kappa shape index (κ3) is 2.10. The Morgan fingerprint density at radius 1 is 0.812 bits per heavy atom. The molecule has 2 aromatic rings. The van der Waals surface area contributed by atoms with Crippen molar-refractivity contribution in [3.63, 3.8) is 0 Å². The van der Waals surface area contributed by atoms with Gasteiger partial charge in [0.05, 0.1) is 0 Å². The van der Waals surface area contributed by atoms with E-state index in [2.05, 4.69) is 36.4 Å². The maximum Gasteiger partial charge on any atom is 0.0319 e. The lowest BCUT2D eigenvalue weighted by molar-refractivity contribution is 0.399. The molecule has 0 saturated heterocycles. The van der Waals surface area contributed by atoms with Crippen LogP contribution >= 0.6 is 0 Å². The van der Waals surface area contributed by atoms with Crippen LogP contribution in [0.15, 0.2) is 36.4 Å². The summed E-state index contributed by atoms with van der Waals surface area (Å²) in [6.45, 7) is 0. The van der Waals surface area contributed by atoms with Gasteiger partial charge in [-0.3, -0.25) is 0 Å². The average Bonchev–Trinajstić information content (AvgIpc) is 2.38. The van der Waals surface area contributed by atoms with E-state index in [0.29, 0.717) is 0 Å². The van der Waals surface area contributed by atoms with Crippen LogP contribution in [0.4, 0.5) is 0 Å². The predicted molar refractivity (Wildman–Crippen MR) is 68.7 cm³/mol. The fraction of sp³-hybridized carbons (Fsp3) is 0.333. The molecule has 0 bridgehead atoms. The highest BCUT2D eigenvalue weighted by atomic mass is 16.2. The van der Waals surface area contributed by atoms with Gasteiger partial charge in [-0.15, -0.1) is 0 Å². The van der Waals surface area contributed by atoms with Crippen molar-refractivity contribution >= 4 is 10.8 Å². The predicted octanol–water partition coefficient (Wildman–Crippen LogP) is 3.33. The first-order valence-corrected chi connectivity index (χ1v) is 5.89. The monoisotopic (exact) mass is 214 g/mol. The van der Waals surface area contributed by atoms with Gasteiger partial charge in [0.1, 0.15) is 0 Å². The number of hydrogen-bond donors (Lipinski definition) is 1. The highest BCUT2D eigenvalue weighted by molar-refractivity contribution is 5.84. The van der Waals surface area contributed by atoms with Crippen molar-refractivity contribution < 1.29 is 5.11 Å². The average molecular weight is 214 g/mol. The number of fused-ring (bicyclic) bond motifs is 2. The Labute approximate surface area is 96.7 Å². The topological polar surface area (TPSA) is 20.2 Å². The highest BCUT2D eigenvalue weighted by Gasteiger charge is 2.09. The number of aryl methyl sites for hydroxylation is 2. The quantitative estimate of drug-likeness (QED) is 0.713. The van der Waals surface area contributed by atoms with Gasteiger partial charge in [-0.1, -0.05) is 36.4 Å². The van der Waals surface area contributed by atoms with E-state index in [4.69, 9.17) is 5.11 Å². The zero-order valence-electron chi connectivity index (χ0n) is 9.74. The summed E-state index contributed by atoms with van der Waals surface area (Å²) in [5.74, 6) is 0. The lowest BCUT2D eigenvalue weighted by atomic mass is 9.89. The number of hydrogen-bond acceptors (Lipinski definition) is 1. The van der Waals surface area contributed by atoms with Gasteiger partial charge < -0.3 is 5.11 Å². The normalized spacial score (nSPS) is 13.9. The first-order valence-electron chi connectivity index (χ1n) is 5.89. The molecular weight excluding hydrogens is 196 g/mol. The fourth-order valence-corrected chi connectivity index (χ4v) is 2.43. The Bertz CT molecular complexity index is 429. The zero-order valence-corrected chi connectivity index (χ0v) is 9.74. The van der Waals surface area contributed by atoms with Crippen molar-refractivity contribution in [2.75, 3.05) is 7.11 Å². The largest absolute Gasteiger partial charge is 0.400 e. The third-order valence-electron chi connectivity index (χ3n) is 3.21. The van der Waals surface area contributed by atoms with Gasteiger partial charge in [-0.25, -0.2) is 0 Å². The van der Waals surface area contributed by atoms with Gasteiger partial charge in [0.15, 0.2) is 0 Å². The van der Waals surface area contributed by atoms with E-state index < -0.39 is 0 Å². The minimum Gasteiger partial charge on any atom is -0.400 e. The van der Waals surface area contributed by atoms with Gasteiger partial charge in [0.25, 0.3) is 0 Å². The van der Waals surface area contributed by atoms with Crippen molar-refractivity contribution in [3.8, 4) is 0 Å². The van der Waals surface area contributed by atoms with Crippen molar-refractivity contribution in [3.05, 3.63) is 47.5 Å². The molecule has 0 fully saturated rings. The molecule has 0 aliphatic heterocycles. The van der Waals surface area contributed by atoms with Crippen LogP contribution in [0.1, 0.15) is 24.0 Å². The molecule has 0 heterocycles. The first-order chi connectivity index (χ1) is 7.93. The van der Waals surface area contributed by atoms with Crippen LogP contribution in [0.5, 0.6) is 0 Å². The third-order valence-corrected chi connectivity index (χ3v) is 3.21. The Morgan fingerprint density at radius 3 is 1.69 bits per heavy atom. The van der Waals surface area contributed by atoms with Crippen LogP contribution in [0.3, 0.4) is 0 Å². The molecule has 0 radical (unpaired) electrons. The number of aliphatic hydroxyl groups is 1. The molecule has 0 spiro atoms. The fourth-order valence-electron chi connectivity index (χ4n) is 2.43. The molecule has 1 N–H and O–H groups in total. The second kappa shape index (κ2) is 5.13. The van der Waals surface area contributed by atoms with Crippen LogP contribution in [-0.2, 0) is 12.8 Å². The summed E-state index contributed by atoms with van der Waals surface area (Å²) >= 11 is 0. The zero-order chi connectivity index (χ0) is 11.4. The molecule has 0 saturated carbocycles. The summed E-state index contributed by atoms with van der Waals surface area (Å²) in [5.41, 5.74) is 3.16. The Kier molecular flexibility index (Phi) is 3.58. The van der Waals surface area contributed by atoms with Gasteiger partial charge in [0.2, 0.25) is 0 Å². The standard InChI is InChI=1S/C14H14.CH4O/c1-2-6-12-10-14-8-4-3-7-13(14)9-11(12)5-1;1-2/h1-2,5-6,9-10H,3-4,7-8H2;2H,1H3. The van der Waals surface area contributed by atoms with Crippen molar-refractivity contribution in [2.24, 2.45) is 0 Å². The Morgan fingerprint density at radius 2 is 1.25 bits per heavy atom. The highest BCUT2D eigenvalue weighted by Crippen LogP contribution is 2.26. The molecule has 84 valence electrons. The molecule has 1 aliphatic rings. The van der Waals surface area contributed by atoms with Crippen LogP contribution < -0.4 is 0 Å². The second-order valence-electron chi connectivity index (χ2n) is 4.18. The lowest BCUT2D eigenvalue weighted by Crippen LogP contribution is -2.01. The van der Waals surface area contributed by atoms with E-state index in [1.165, 1.54) is 36.5 Å². The molecule has 0 amide bonds. The molecule has 1 heteroatoms. The van der Waals surface area contributed by atoms with E-state index in [1.807, 2.05) is 0 Å². The summed E-state index contributed by atoms with van der Waals surface area (Å²) in [6.07, 6.45) is 5.29. The lowest BCUT2D eigenvalue weighted by Gasteiger charge is -2.16. The van der Waals surface area contributed by atoms with Crippen LogP contribution in [-0.4, -0.2) is 12.2 Å². The van der Waals surface area contributed by atoms with Crippen LogP contribution in [0.2, 0.25) is 0 Å². The molecule has 1 nitrogen and oxygen atoms in total. The van der Waals surface area contributed by atoms with Gasteiger partial charge >= 0.3 is 0 Å². The van der Waals surface area contributed by atoms with E-state index in [1.54, 1.807) is 11.1 Å². The van der Waals surface area contributed by atoms with E-state index >= 15 is 0 Å². The molecule has 16 heavy (non-hydrogen) atoms. The maximum atomic E-state index is 7.00. The summed E-state index contributed by atoms with van der Waals surface area (Å²) < 4.78 is 0. The van der Waals surface area contributed by atoms with Crippen molar-refractivity contribution in [1.82, 2.24) is 0 Å². The van der Waals surface area contributed by atoms with E-state index in [9.17, 15) is 0 Å². The number of aliphatic hydroxyl groups excluding tert-OH is 1. The summed E-state index contributed by atoms with van der Waals surface area (Å²) in [6, 6.07) is 13.4. The van der Waals surface area contributed by atoms with Crippen LogP contribution in [0, 0.1) is 0 Å². The molecule has 0 unspecified atom stereocenters. The molecular formula is C15H18O. The smallest absolute Gasteiger partial charge is 0.0319 e. The second-order valence-corrected chi connectivity index (χ2v) is 4.18. The molecule has 0 aromatic heterocycles. The van der Waals surface area contributed by atoms with Crippen molar-refractivity contribution in [1.29, 1.82) is 0 Å². The van der Waals surface area contributed by atoms with Gasteiger partial charge in [-0.2, -0.15) is 0 Å². The minimum atomic E-state index is 1.00. The minimum absolute atomic E-state index is 1.00. The van der Waals surface area contributed by atoms with E-state index in [-0.39, 0.29) is 0 Å². The summed E-state index contributed by atoms with van der Waals surface area (Å²) in [7, 11) is 1.00. The summed E-state index contributed by atoms with van der Waals surface area (Å²) in [4.78, 5) is 0. The van der Waals surface area contributed by atoms with Crippen LogP contribution in [0.25, 0.3) is 10.8 Å². The number of benzene rings is 2. The summed E-state index contributed by atoms with van der Waals surface area (Å²) in [5, 5.41) is 9.79. The molecule has 1 aliphatic carbocycles. The molecule has 2 aromatic carbocycles. The van der Waals surface area contributed by atoms with Gasteiger partial charge in [-0.05, 0) is 47.6 Å². The molecule has 0 atom stereocenters. The first kappa shape index (κ1) is 11.2. The Balaban J connectivity index is 0.000000457. The SMILES string of the molecule is CO.c1ccc2cc3c(cc2c1)CCCC3.